The van der Waals surface area contributed by atoms with E-state index in [1.54, 1.807) is 0 Å². The SMILES string of the molecule is Cc1ccc(C(=O)NC2CC2)cc1-c1ccc2nc(NC3CCCNC3)ncc2c1. The summed E-state index contributed by atoms with van der Waals surface area (Å²) in [6.07, 6.45) is 6.36. The molecule has 0 bridgehead atoms. The summed E-state index contributed by atoms with van der Waals surface area (Å²) in [6, 6.07) is 12.9. The van der Waals surface area contributed by atoms with Crippen molar-refractivity contribution in [3.8, 4) is 11.1 Å². The fraction of sp³-hybridized carbons (Fsp3) is 0.375. The van der Waals surface area contributed by atoms with Crippen molar-refractivity contribution in [1.82, 2.24) is 20.6 Å². The molecule has 2 aliphatic rings. The molecule has 1 unspecified atom stereocenters. The summed E-state index contributed by atoms with van der Waals surface area (Å²) < 4.78 is 0. The van der Waals surface area contributed by atoms with Crippen LogP contribution in [0.2, 0.25) is 0 Å². The maximum absolute atomic E-state index is 12.5. The third kappa shape index (κ3) is 4.14. The summed E-state index contributed by atoms with van der Waals surface area (Å²) in [7, 11) is 0. The van der Waals surface area contributed by atoms with Crippen molar-refractivity contribution in [3.05, 3.63) is 53.7 Å². The molecular formula is C24H27N5O. The number of amides is 1. The van der Waals surface area contributed by atoms with Crippen molar-refractivity contribution in [2.75, 3.05) is 18.4 Å². The Morgan fingerprint density at radius 3 is 2.80 bits per heavy atom. The van der Waals surface area contributed by atoms with E-state index in [1.165, 1.54) is 6.42 Å². The predicted octanol–water partition coefficient (Wildman–Crippen LogP) is 3.66. The van der Waals surface area contributed by atoms with Gasteiger partial charge in [-0.2, -0.15) is 0 Å². The van der Waals surface area contributed by atoms with E-state index in [0.717, 1.165) is 59.9 Å². The van der Waals surface area contributed by atoms with Crippen LogP contribution in [0.3, 0.4) is 0 Å². The number of hydrogen-bond donors (Lipinski definition) is 3. The number of aryl methyl sites for hydroxylation is 1. The summed E-state index contributed by atoms with van der Waals surface area (Å²) >= 11 is 0. The summed E-state index contributed by atoms with van der Waals surface area (Å²) in [5.74, 6) is 0.690. The number of rotatable bonds is 5. The van der Waals surface area contributed by atoms with Crippen molar-refractivity contribution in [2.24, 2.45) is 0 Å². The maximum Gasteiger partial charge on any atom is 0.251 e. The van der Waals surface area contributed by atoms with E-state index in [0.29, 0.717) is 23.6 Å². The molecule has 1 amide bonds. The Bertz CT molecular complexity index is 1090. The lowest BCUT2D eigenvalue weighted by molar-refractivity contribution is 0.0951. The zero-order valence-corrected chi connectivity index (χ0v) is 17.2. The van der Waals surface area contributed by atoms with Crippen LogP contribution in [0.25, 0.3) is 22.0 Å². The molecule has 1 aliphatic heterocycles. The molecule has 1 aromatic heterocycles. The molecule has 5 rings (SSSR count). The second-order valence-electron chi connectivity index (χ2n) is 8.43. The summed E-state index contributed by atoms with van der Waals surface area (Å²) in [5.41, 5.74) is 4.90. The van der Waals surface area contributed by atoms with Crippen LogP contribution in [0, 0.1) is 6.92 Å². The maximum atomic E-state index is 12.5. The molecule has 6 heteroatoms. The number of benzene rings is 2. The van der Waals surface area contributed by atoms with Gasteiger partial charge in [-0.3, -0.25) is 4.79 Å². The highest BCUT2D eigenvalue weighted by Gasteiger charge is 2.24. The third-order valence-electron chi connectivity index (χ3n) is 5.93. The van der Waals surface area contributed by atoms with Crippen LogP contribution in [-0.4, -0.2) is 41.0 Å². The first-order valence-corrected chi connectivity index (χ1v) is 10.8. The van der Waals surface area contributed by atoms with Gasteiger partial charge < -0.3 is 16.0 Å². The number of nitrogens with one attached hydrogen (secondary N) is 3. The Labute approximate surface area is 176 Å². The second-order valence-corrected chi connectivity index (χ2v) is 8.43. The Morgan fingerprint density at radius 2 is 2.00 bits per heavy atom. The van der Waals surface area contributed by atoms with Gasteiger partial charge in [-0.25, -0.2) is 9.97 Å². The monoisotopic (exact) mass is 401 g/mol. The van der Waals surface area contributed by atoms with E-state index >= 15 is 0 Å². The molecule has 6 nitrogen and oxygen atoms in total. The molecule has 154 valence electrons. The van der Waals surface area contributed by atoms with Crippen molar-refractivity contribution in [2.45, 2.75) is 44.7 Å². The van der Waals surface area contributed by atoms with Crippen molar-refractivity contribution < 1.29 is 4.79 Å². The number of carbonyl (C=O) groups excluding carboxylic acids is 1. The second kappa shape index (κ2) is 8.03. The molecule has 0 spiro atoms. The normalized spacial score (nSPS) is 18.9. The number of anilines is 1. The molecule has 2 fully saturated rings. The van der Waals surface area contributed by atoms with Crippen LogP contribution in [0.5, 0.6) is 0 Å². The lowest BCUT2D eigenvalue weighted by atomic mass is 9.97. The molecule has 2 heterocycles. The van der Waals surface area contributed by atoms with E-state index < -0.39 is 0 Å². The molecule has 1 atom stereocenters. The van der Waals surface area contributed by atoms with Crippen molar-refractivity contribution >= 4 is 22.8 Å². The molecule has 1 saturated carbocycles. The van der Waals surface area contributed by atoms with Gasteiger partial charge in [-0.05, 0) is 80.1 Å². The molecule has 3 aromatic rings. The van der Waals surface area contributed by atoms with Crippen LogP contribution in [0.1, 0.15) is 41.6 Å². The van der Waals surface area contributed by atoms with Crippen molar-refractivity contribution in [3.63, 3.8) is 0 Å². The van der Waals surface area contributed by atoms with Crippen LogP contribution in [-0.2, 0) is 0 Å². The highest BCUT2D eigenvalue weighted by molar-refractivity contribution is 5.96. The average Bonchev–Trinajstić information content (AvgIpc) is 3.58. The molecule has 3 N–H and O–H groups in total. The first-order valence-electron chi connectivity index (χ1n) is 10.8. The molecule has 1 aliphatic carbocycles. The number of aromatic nitrogens is 2. The third-order valence-corrected chi connectivity index (χ3v) is 5.93. The largest absolute Gasteiger partial charge is 0.350 e. The van der Waals surface area contributed by atoms with Gasteiger partial charge in [0.1, 0.15) is 0 Å². The minimum Gasteiger partial charge on any atom is -0.350 e. The van der Waals surface area contributed by atoms with Crippen LogP contribution in [0.15, 0.2) is 42.6 Å². The number of piperidine rings is 1. The quantitative estimate of drug-likeness (QED) is 0.608. The lowest BCUT2D eigenvalue weighted by Gasteiger charge is -2.23. The van der Waals surface area contributed by atoms with E-state index in [2.05, 4.69) is 40.0 Å². The van der Waals surface area contributed by atoms with Gasteiger partial charge in [0.25, 0.3) is 5.91 Å². The Balaban J connectivity index is 1.40. The zero-order valence-electron chi connectivity index (χ0n) is 17.2. The molecule has 1 saturated heterocycles. The highest BCUT2D eigenvalue weighted by Crippen LogP contribution is 2.28. The smallest absolute Gasteiger partial charge is 0.251 e. The summed E-state index contributed by atoms with van der Waals surface area (Å²) in [4.78, 5) is 21.7. The number of carbonyl (C=O) groups is 1. The number of fused-ring (bicyclic) bond motifs is 1. The van der Waals surface area contributed by atoms with Crippen LogP contribution < -0.4 is 16.0 Å². The van der Waals surface area contributed by atoms with Gasteiger partial charge in [0.2, 0.25) is 5.95 Å². The molecule has 0 radical (unpaired) electrons. The molecule has 30 heavy (non-hydrogen) atoms. The van der Waals surface area contributed by atoms with Gasteiger partial charge in [-0.1, -0.05) is 12.1 Å². The Kier molecular flexibility index (Phi) is 5.09. The predicted molar refractivity (Wildman–Crippen MR) is 120 cm³/mol. The topological polar surface area (TPSA) is 78.9 Å². The van der Waals surface area contributed by atoms with E-state index in [4.69, 9.17) is 4.98 Å². The molecule has 2 aromatic carbocycles. The van der Waals surface area contributed by atoms with Crippen molar-refractivity contribution in [1.29, 1.82) is 0 Å². The van der Waals surface area contributed by atoms with Crippen LogP contribution >= 0.6 is 0 Å². The van der Waals surface area contributed by atoms with Gasteiger partial charge in [0.15, 0.2) is 0 Å². The fourth-order valence-electron chi connectivity index (χ4n) is 4.00. The minimum atomic E-state index is 0.00999. The Hall–Kier alpha value is -2.99. The highest BCUT2D eigenvalue weighted by atomic mass is 16.1. The minimum absolute atomic E-state index is 0.00999. The van der Waals surface area contributed by atoms with E-state index in [-0.39, 0.29) is 5.91 Å². The lowest BCUT2D eigenvalue weighted by Crippen LogP contribution is -2.38. The van der Waals surface area contributed by atoms with Crippen LogP contribution in [0.4, 0.5) is 5.95 Å². The average molecular weight is 402 g/mol. The van der Waals surface area contributed by atoms with Gasteiger partial charge >= 0.3 is 0 Å². The van der Waals surface area contributed by atoms with Gasteiger partial charge in [-0.15, -0.1) is 0 Å². The molecular weight excluding hydrogens is 374 g/mol. The summed E-state index contributed by atoms with van der Waals surface area (Å²) in [6.45, 7) is 4.11. The summed E-state index contributed by atoms with van der Waals surface area (Å²) in [5, 5.41) is 10.9. The van der Waals surface area contributed by atoms with E-state index in [9.17, 15) is 4.79 Å². The first-order chi connectivity index (χ1) is 14.7. The van der Waals surface area contributed by atoms with Gasteiger partial charge in [0.05, 0.1) is 5.52 Å². The zero-order chi connectivity index (χ0) is 20.5. The first kappa shape index (κ1) is 19.0. The fourth-order valence-corrected chi connectivity index (χ4v) is 4.00. The number of nitrogens with zero attached hydrogens (tertiary/aromatic N) is 2. The van der Waals surface area contributed by atoms with E-state index in [1.807, 2.05) is 30.5 Å². The Morgan fingerprint density at radius 1 is 1.10 bits per heavy atom. The van der Waals surface area contributed by atoms with Gasteiger partial charge in [0, 0.05) is 35.8 Å². The number of hydrogen-bond acceptors (Lipinski definition) is 5. The standard InChI is InChI=1S/C24H27N5O/c1-15-4-5-17(23(30)27-19-7-8-19)12-21(15)16-6-9-22-18(11-16)13-26-24(29-22)28-20-3-2-10-25-14-20/h4-6,9,11-13,19-20,25H,2-3,7-8,10,14H2,1H3,(H,27,30)(H,26,28,29).